The lowest BCUT2D eigenvalue weighted by atomic mass is 9.99. The van der Waals surface area contributed by atoms with E-state index in [4.69, 9.17) is 10.5 Å². The molecular formula is C23H23F3N4O2. The minimum atomic E-state index is -2.80. The number of hydrogen-bond acceptors (Lipinski definition) is 6. The molecule has 0 aliphatic rings. The predicted molar refractivity (Wildman–Crippen MR) is 115 cm³/mol. The SMILES string of the molecule is Cc1cc(-c2c(OCC(=O)CC(C)C)nc(N)nc2-c2ccc(F)cc2)cc(C(F)F)n1. The van der Waals surface area contributed by atoms with Gasteiger partial charge in [-0.15, -0.1) is 0 Å². The van der Waals surface area contributed by atoms with E-state index in [1.807, 2.05) is 13.8 Å². The fraction of sp³-hybridized carbons (Fsp3) is 0.304. The van der Waals surface area contributed by atoms with E-state index < -0.39 is 17.9 Å². The first-order valence-electron chi connectivity index (χ1n) is 9.99. The van der Waals surface area contributed by atoms with Gasteiger partial charge in [-0.25, -0.2) is 18.2 Å². The first kappa shape index (κ1) is 23.2. The Morgan fingerprint density at radius 3 is 2.38 bits per heavy atom. The number of carbonyl (C=O) groups excluding carboxylic acids is 1. The third-order valence-electron chi connectivity index (χ3n) is 4.50. The highest BCUT2D eigenvalue weighted by molar-refractivity contribution is 5.86. The summed E-state index contributed by atoms with van der Waals surface area (Å²) in [4.78, 5) is 24.4. The zero-order chi connectivity index (χ0) is 23.4. The maximum Gasteiger partial charge on any atom is 0.280 e. The molecule has 0 radical (unpaired) electrons. The lowest BCUT2D eigenvalue weighted by Gasteiger charge is -2.16. The molecule has 0 aliphatic carbocycles. The van der Waals surface area contributed by atoms with Crippen molar-refractivity contribution in [1.29, 1.82) is 0 Å². The summed E-state index contributed by atoms with van der Waals surface area (Å²) in [6.45, 7) is 5.13. The van der Waals surface area contributed by atoms with Gasteiger partial charge in [0.2, 0.25) is 11.8 Å². The first-order chi connectivity index (χ1) is 15.1. The first-order valence-corrected chi connectivity index (χ1v) is 9.99. The van der Waals surface area contributed by atoms with Crippen LogP contribution in [0.1, 0.15) is 38.1 Å². The molecule has 2 aromatic heterocycles. The second-order valence-electron chi connectivity index (χ2n) is 7.77. The lowest BCUT2D eigenvalue weighted by molar-refractivity contribution is -0.121. The van der Waals surface area contributed by atoms with Crippen LogP contribution >= 0.6 is 0 Å². The number of alkyl halides is 2. The van der Waals surface area contributed by atoms with Gasteiger partial charge in [0, 0.05) is 17.7 Å². The number of aryl methyl sites for hydroxylation is 1. The van der Waals surface area contributed by atoms with Gasteiger partial charge in [-0.2, -0.15) is 4.98 Å². The summed E-state index contributed by atoms with van der Waals surface area (Å²) in [5, 5.41) is 0. The highest BCUT2D eigenvalue weighted by Crippen LogP contribution is 2.39. The van der Waals surface area contributed by atoms with Gasteiger partial charge in [0.05, 0.1) is 11.3 Å². The summed E-state index contributed by atoms with van der Waals surface area (Å²) in [5.74, 6) is -0.621. The lowest BCUT2D eigenvalue weighted by Crippen LogP contribution is -2.15. The van der Waals surface area contributed by atoms with Gasteiger partial charge in [0.25, 0.3) is 6.43 Å². The molecule has 0 amide bonds. The molecule has 1 aromatic carbocycles. The zero-order valence-corrected chi connectivity index (χ0v) is 17.9. The number of nitrogens with zero attached hydrogens (tertiary/aromatic N) is 3. The second kappa shape index (κ2) is 9.76. The number of benzene rings is 1. The Bertz CT molecular complexity index is 1120. The number of hydrogen-bond donors (Lipinski definition) is 1. The van der Waals surface area contributed by atoms with Crippen LogP contribution in [0, 0.1) is 18.7 Å². The number of ether oxygens (including phenoxy) is 1. The van der Waals surface area contributed by atoms with E-state index in [1.165, 1.54) is 30.3 Å². The molecule has 0 unspecified atom stereocenters. The van der Waals surface area contributed by atoms with Crippen LogP contribution < -0.4 is 10.5 Å². The van der Waals surface area contributed by atoms with Crippen molar-refractivity contribution >= 4 is 11.7 Å². The Hall–Kier alpha value is -3.49. The van der Waals surface area contributed by atoms with Crippen LogP contribution in [0.2, 0.25) is 0 Å². The monoisotopic (exact) mass is 444 g/mol. The predicted octanol–water partition coefficient (Wildman–Crippen LogP) is 5.17. The van der Waals surface area contributed by atoms with Gasteiger partial charge in [0.15, 0.2) is 5.78 Å². The average molecular weight is 444 g/mol. The second-order valence-corrected chi connectivity index (χ2v) is 7.77. The van der Waals surface area contributed by atoms with Gasteiger partial charge in [0.1, 0.15) is 18.1 Å². The van der Waals surface area contributed by atoms with Crippen LogP contribution in [0.15, 0.2) is 36.4 Å². The molecule has 3 aromatic rings. The zero-order valence-electron chi connectivity index (χ0n) is 17.9. The van der Waals surface area contributed by atoms with Crippen molar-refractivity contribution in [2.24, 2.45) is 5.92 Å². The van der Waals surface area contributed by atoms with Crippen molar-refractivity contribution in [2.75, 3.05) is 12.3 Å². The number of nitrogen functional groups attached to an aromatic ring is 1. The maximum atomic E-state index is 13.5. The number of anilines is 1. The largest absolute Gasteiger partial charge is 0.469 e. The van der Waals surface area contributed by atoms with Gasteiger partial charge in [-0.05, 0) is 54.8 Å². The molecule has 3 rings (SSSR count). The molecule has 0 fully saturated rings. The average Bonchev–Trinajstić information content (AvgIpc) is 2.71. The number of nitrogens with two attached hydrogens (primary N) is 1. The van der Waals surface area contributed by atoms with E-state index >= 15 is 0 Å². The van der Waals surface area contributed by atoms with Crippen LogP contribution in [0.4, 0.5) is 19.1 Å². The van der Waals surface area contributed by atoms with Crippen LogP contribution in [-0.2, 0) is 4.79 Å². The minimum Gasteiger partial charge on any atom is -0.469 e. The molecule has 0 aliphatic heterocycles. The van der Waals surface area contributed by atoms with Gasteiger partial charge in [-0.1, -0.05) is 13.8 Å². The van der Waals surface area contributed by atoms with Gasteiger partial charge < -0.3 is 10.5 Å². The molecule has 6 nitrogen and oxygen atoms in total. The molecule has 0 atom stereocenters. The fourth-order valence-electron chi connectivity index (χ4n) is 3.25. The Morgan fingerprint density at radius 1 is 1.06 bits per heavy atom. The van der Waals surface area contributed by atoms with E-state index in [1.54, 1.807) is 13.0 Å². The van der Waals surface area contributed by atoms with Gasteiger partial charge >= 0.3 is 0 Å². The molecule has 0 bridgehead atoms. The molecule has 0 spiro atoms. The normalized spacial score (nSPS) is 11.2. The van der Waals surface area contributed by atoms with Crippen molar-refractivity contribution in [3.8, 4) is 28.3 Å². The Morgan fingerprint density at radius 2 is 1.75 bits per heavy atom. The molecule has 0 saturated carbocycles. The van der Waals surface area contributed by atoms with Crippen molar-refractivity contribution in [3.05, 3.63) is 53.6 Å². The fourth-order valence-corrected chi connectivity index (χ4v) is 3.25. The molecule has 2 heterocycles. The molecule has 168 valence electrons. The number of rotatable bonds is 8. The van der Waals surface area contributed by atoms with Crippen molar-refractivity contribution in [2.45, 2.75) is 33.6 Å². The quantitative estimate of drug-likeness (QED) is 0.516. The summed E-state index contributed by atoms with van der Waals surface area (Å²) in [7, 11) is 0. The highest BCUT2D eigenvalue weighted by atomic mass is 19.3. The van der Waals surface area contributed by atoms with Crippen LogP contribution in [0.5, 0.6) is 5.88 Å². The third-order valence-corrected chi connectivity index (χ3v) is 4.50. The Kier molecular flexibility index (Phi) is 7.07. The van der Waals surface area contributed by atoms with Crippen LogP contribution in [-0.4, -0.2) is 27.3 Å². The number of aromatic nitrogens is 3. The van der Waals surface area contributed by atoms with Crippen LogP contribution in [0.3, 0.4) is 0 Å². The van der Waals surface area contributed by atoms with Crippen molar-refractivity contribution in [1.82, 2.24) is 15.0 Å². The summed E-state index contributed by atoms with van der Waals surface area (Å²) < 4.78 is 46.0. The summed E-state index contributed by atoms with van der Waals surface area (Å²) in [5.41, 5.74) is 7.11. The number of ketones is 1. The van der Waals surface area contributed by atoms with Gasteiger partial charge in [-0.3, -0.25) is 9.78 Å². The summed E-state index contributed by atoms with van der Waals surface area (Å²) in [6.07, 6.45) is -2.49. The Labute approximate surface area is 183 Å². The van der Waals surface area contributed by atoms with E-state index in [0.717, 1.165) is 0 Å². The summed E-state index contributed by atoms with van der Waals surface area (Å²) >= 11 is 0. The number of pyridine rings is 1. The number of Topliss-reactive ketones (excluding diaryl/α,β-unsaturated/α-hetero) is 1. The van der Waals surface area contributed by atoms with E-state index in [2.05, 4.69) is 15.0 Å². The number of carbonyl (C=O) groups is 1. The smallest absolute Gasteiger partial charge is 0.280 e. The molecule has 0 saturated heterocycles. The maximum absolute atomic E-state index is 13.5. The molecular weight excluding hydrogens is 421 g/mol. The summed E-state index contributed by atoms with van der Waals surface area (Å²) in [6, 6.07) is 8.24. The topological polar surface area (TPSA) is 91.0 Å². The standard InChI is InChI=1S/C23H23F3N4O2/c1-12(2)8-17(31)11-32-22-19(15-9-13(3)28-18(10-15)21(25)26)20(29-23(27)30-22)14-4-6-16(24)7-5-14/h4-7,9-10,12,21H,8,11H2,1-3H3,(H2,27,29,30). The minimum absolute atomic E-state index is 0.0280. The highest BCUT2D eigenvalue weighted by Gasteiger charge is 2.22. The third kappa shape index (κ3) is 5.60. The molecule has 32 heavy (non-hydrogen) atoms. The van der Waals surface area contributed by atoms with Crippen molar-refractivity contribution < 1.29 is 22.7 Å². The van der Waals surface area contributed by atoms with Crippen LogP contribution in [0.25, 0.3) is 22.4 Å². The van der Waals surface area contributed by atoms with E-state index in [9.17, 15) is 18.0 Å². The molecule has 9 heteroatoms. The number of halogens is 3. The van der Waals surface area contributed by atoms with E-state index in [-0.39, 0.29) is 41.4 Å². The van der Waals surface area contributed by atoms with E-state index in [0.29, 0.717) is 23.2 Å². The molecule has 2 N–H and O–H groups in total. The van der Waals surface area contributed by atoms with Crippen molar-refractivity contribution in [3.63, 3.8) is 0 Å². The Balaban J connectivity index is 2.19.